The number of aliphatic hydroxyl groups excluding tert-OH is 1. The first-order chi connectivity index (χ1) is 28.9. The quantitative estimate of drug-likeness (QED) is 0.121. The van der Waals surface area contributed by atoms with Crippen molar-refractivity contribution in [3.05, 3.63) is 52.0 Å². The summed E-state index contributed by atoms with van der Waals surface area (Å²) in [6, 6.07) is 7.09. The minimum atomic E-state index is -0.780. The van der Waals surface area contributed by atoms with Crippen LogP contribution in [0, 0.1) is 23.7 Å². The maximum absolute atomic E-state index is 14.4. The molecule has 1 fully saturated rings. The second kappa shape index (κ2) is 24.6. The summed E-state index contributed by atoms with van der Waals surface area (Å²) in [6.07, 6.45) is 1.24. The summed E-state index contributed by atoms with van der Waals surface area (Å²) in [5.41, 5.74) is 1.18. The molecule has 3 rings (SSSR count). The molecule has 4 N–H and O–H groups in total. The van der Waals surface area contributed by atoms with E-state index in [1.165, 1.54) is 11.3 Å². The van der Waals surface area contributed by atoms with Crippen LogP contribution in [0.5, 0.6) is 0 Å². The predicted molar refractivity (Wildman–Crippen MR) is 238 cm³/mol. The number of ether oxygens (including phenoxy) is 2. The van der Waals surface area contributed by atoms with Gasteiger partial charge in [0.15, 0.2) is 0 Å². The van der Waals surface area contributed by atoms with Crippen LogP contribution >= 0.6 is 11.3 Å². The average molecular weight is 872 g/mol. The van der Waals surface area contributed by atoms with Gasteiger partial charge in [0.1, 0.15) is 16.7 Å². The molecule has 1 aliphatic heterocycles. The molecular weight excluding hydrogens is 799 g/mol. The third-order valence-corrected chi connectivity index (χ3v) is 13.0. The van der Waals surface area contributed by atoms with Gasteiger partial charge in [0, 0.05) is 39.7 Å². The molecule has 1 aromatic carbocycles. The molecule has 2 aromatic rings. The summed E-state index contributed by atoms with van der Waals surface area (Å²) >= 11 is 1.27. The van der Waals surface area contributed by atoms with Crippen molar-refractivity contribution in [1.29, 1.82) is 0 Å². The Kier molecular flexibility index (Phi) is 20.7. The third-order valence-electron chi connectivity index (χ3n) is 12.0. The first-order valence-corrected chi connectivity index (χ1v) is 22.6. The number of aromatic nitrogens is 1. The number of benzene rings is 1. The Morgan fingerprint density at radius 3 is 2.18 bits per heavy atom. The number of aliphatic hydroxyl groups is 1. The summed E-state index contributed by atoms with van der Waals surface area (Å²) < 4.78 is 12.1. The lowest BCUT2D eigenvalue weighted by Gasteiger charge is -2.41. The van der Waals surface area contributed by atoms with Crippen LogP contribution < -0.4 is 16.0 Å². The standard InChI is InChI=1S/C45H73N7O8S/c1-13-29(6)39(51(10)45(58)37(27(2)3)49-43(57)38(28(4)5)50(8)9)35(59-11)25-36(54)52-22-17-20-34(52)40(60-12)30(7)41(55)47-32(24-31-18-15-14-16-19-31)44-48-33(26-61-44)42(56)46-21-23-53/h14-16,18-19,26-30,32,34-35,37-40,53H,13,17,20-25H2,1-12H3,(H,46,56)(H,47,55)(H,49,57)/t29-,30+,32-,34-,35+,37-,38?,39-,40+/m0/s1. The van der Waals surface area contributed by atoms with E-state index in [2.05, 4.69) is 20.9 Å². The van der Waals surface area contributed by atoms with Crippen LogP contribution in [0.15, 0.2) is 35.7 Å². The zero-order chi connectivity index (χ0) is 45.6. The monoisotopic (exact) mass is 872 g/mol. The van der Waals surface area contributed by atoms with Crippen LogP contribution in [-0.4, -0.2) is 146 Å². The van der Waals surface area contributed by atoms with Gasteiger partial charge in [0.2, 0.25) is 23.6 Å². The van der Waals surface area contributed by atoms with Crippen LogP contribution in [0.1, 0.15) is 101 Å². The van der Waals surface area contributed by atoms with E-state index in [1.54, 1.807) is 43.4 Å². The highest BCUT2D eigenvalue weighted by Gasteiger charge is 2.43. The van der Waals surface area contributed by atoms with Gasteiger partial charge in [-0.2, -0.15) is 0 Å². The number of hydrogen-bond acceptors (Lipinski definition) is 11. The smallest absolute Gasteiger partial charge is 0.270 e. The fourth-order valence-electron chi connectivity index (χ4n) is 8.58. The summed E-state index contributed by atoms with van der Waals surface area (Å²) in [5, 5.41) is 20.2. The molecule has 9 atom stereocenters. The first kappa shape index (κ1) is 51.4. The summed E-state index contributed by atoms with van der Waals surface area (Å²) in [6.45, 7) is 14.0. The van der Waals surface area contributed by atoms with Gasteiger partial charge in [-0.1, -0.05) is 85.2 Å². The van der Waals surface area contributed by atoms with Crippen LogP contribution in [0.2, 0.25) is 0 Å². The molecule has 16 heteroatoms. The largest absolute Gasteiger partial charge is 0.395 e. The molecule has 1 aliphatic rings. The van der Waals surface area contributed by atoms with Crippen LogP contribution in [-0.2, 0) is 35.1 Å². The van der Waals surface area contributed by atoms with Gasteiger partial charge in [-0.25, -0.2) is 4.98 Å². The molecule has 342 valence electrons. The van der Waals surface area contributed by atoms with E-state index in [4.69, 9.17) is 14.6 Å². The molecule has 1 aromatic heterocycles. The molecular formula is C45H73N7O8S. The molecule has 5 amide bonds. The fraction of sp³-hybridized carbons (Fsp3) is 0.689. The number of amides is 5. The number of likely N-dealkylation sites (N-methyl/N-ethyl adjacent to an activating group) is 2. The number of likely N-dealkylation sites (tertiary alicyclic amines) is 1. The van der Waals surface area contributed by atoms with Gasteiger partial charge in [0.25, 0.3) is 5.91 Å². The number of nitrogens with zero attached hydrogens (tertiary/aromatic N) is 4. The van der Waals surface area contributed by atoms with E-state index >= 15 is 0 Å². The van der Waals surface area contributed by atoms with Crippen molar-refractivity contribution in [2.45, 2.75) is 123 Å². The Labute approximate surface area is 367 Å². The van der Waals surface area contributed by atoms with Crippen LogP contribution in [0.25, 0.3) is 0 Å². The van der Waals surface area contributed by atoms with E-state index in [1.807, 2.05) is 90.9 Å². The lowest BCUT2D eigenvalue weighted by atomic mass is 9.89. The van der Waals surface area contributed by atoms with Crippen molar-refractivity contribution in [2.75, 3.05) is 55.1 Å². The molecule has 0 spiro atoms. The third kappa shape index (κ3) is 13.8. The topological polar surface area (TPSA) is 183 Å². The van der Waals surface area contributed by atoms with Crippen molar-refractivity contribution >= 4 is 40.9 Å². The summed E-state index contributed by atoms with van der Waals surface area (Å²) in [7, 11) is 8.55. The van der Waals surface area contributed by atoms with Crippen molar-refractivity contribution in [3.8, 4) is 0 Å². The van der Waals surface area contributed by atoms with Gasteiger partial charge in [-0.15, -0.1) is 11.3 Å². The molecule has 0 radical (unpaired) electrons. The highest BCUT2D eigenvalue weighted by atomic mass is 32.1. The van der Waals surface area contributed by atoms with Gasteiger partial charge in [0.05, 0.1) is 55.3 Å². The average Bonchev–Trinajstić information content (AvgIpc) is 3.92. The second-order valence-electron chi connectivity index (χ2n) is 17.3. The number of thiazole rings is 1. The minimum absolute atomic E-state index is 0.00279. The van der Waals surface area contributed by atoms with E-state index in [9.17, 15) is 24.0 Å². The molecule has 1 saturated heterocycles. The number of rotatable bonds is 24. The normalized spacial score (nSPS) is 18.2. The Morgan fingerprint density at radius 2 is 1.62 bits per heavy atom. The molecule has 15 nitrogen and oxygen atoms in total. The van der Waals surface area contributed by atoms with E-state index < -0.39 is 54.2 Å². The van der Waals surface area contributed by atoms with E-state index in [0.29, 0.717) is 24.4 Å². The van der Waals surface area contributed by atoms with Gasteiger partial charge in [-0.05, 0) is 56.7 Å². The molecule has 2 heterocycles. The van der Waals surface area contributed by atoms with E-state index in [-0.39, 0.29) is 66.6 Å². The highest BCUT2D eigenvalue weighted by molar-refractivity contribution is 7.09. The zero-order valence-electron chi connectivity index (χ0n) is 38.5. The number of hydrogen-bond donors (Lipinski definition) is 4. The second-order valence-corrected chi connectivity index (χ2v) is 18.2. The van der Waals surface area contributed by atoms with Gasteiger partial charge >= 0.3 is 0 Å². The zero-order valence-corrected chi connectivity index (χ0v) is 39.3. The van der Waals surface area contributed by atoms with Crippen molar-refractivity contribution < 1.29 is 38.6 Å². The number of nitrogens with one attached hydrogen (secondary N) is 3. The lowest BCUT2D eigenvalue weighted by Crippen LogP contribution is -2.59. The van der Waals surface area contributed by atoms with Crippen LogP contribution in [0.4, 0.5) is 0 Å². The molecule has 1 unspecified atom stereocenters. The number of carbonyl (C=O) groups excluding carboxylic acids is 5. The molecule has 61 heavy (non-hydrogen) atoms. The Morgan fingerprint density at radius 1 is 0.951 bits per heavy atom. The fourth-order valence-corrected chi connectivity index (χ4v) is 9.43. The minimum Gasteiger partial charge on any atom is -0.395 e. The van der Waals surface area contributed by atoms with Crippen molar-refractivity contribution in [1.82, 2.24) is 35.6 Å². The first-order valence-electron chi connectivity index (χ1n) is 21.7. The molecule has 0 aliphatic carbocycles. The Hall–Kier alpha value is -3.96. The SMILES string of the molecule is CC[C@H](C)[C@@H]([C@@H](CC(=O)N1CCC[C@H]1[C@H](OC)[C@@H](C)C(=O)N[C@@H](Cc1ccccc1)c1nc(C(=O)NCCO)cs1)OC)N(C)C(=O)[C@@H](NC(=O)C(C(C)C)N(C)C)C(C)C. The molecule has 0 bridgehead atoms. The summed E-state index contributed by atoms with van der Waals surface area (Å²) in [4.78, 5) is 78.9. The van der Waals surface area contributed by atoms with Gasteiger partial charge < -0.3 is 40.3 Å². The maximum Gasteiger partial charge on any atom is 0.270 e. The van der Waals surface area contributed by atoms with E-state index in [0.717, 1.165) is 18.4 Å². The van der Waals surface area contributed by atoms with Crippen LogP contribution in [0.3, 0.4) is 0 Å². The number of methoxy groups -OCH3 is 2. The molecule has 0 saturated carbocycles. The Balaban J connectivity index is 1.82. The predicted octanol–water partition coefficient (Wildman–Crippen LogP) is 3.91. The lowest BCUT2D eigenvalue weighted by molar-refractivity contribution is -0.148. The van der Waals surface area contributed by atoms with Gasteiger partial charge in [-0.3, -0.25) is 28.9 Å². The number of carbonyl (C=O) groups is 5. The maximum atomic E-state index is 14.4. The van der Waals surface area contributed by atoms with Crippen molar-refractivity contribution in [3.63, 3.8) is 0 Å². The summed E-state index contributed by atoms with van der Waals surface area (Å²) in [5.74, 6) is -2.18. The van der Waals surface area contributed by atoms with Crippen molar-refractivity contribution in [2.24, 2.45) is 23.7 Å². The Bertz CT molecular complexity index is 1700. The highest BCUT2D eigenvalue weighted by Crippen LogP contribution is 2.31.